The first-order valence-electron chi connectivity index (χ1n) is 29.1. The Labute approximate surface area is 524 Å². The molecule has 3 aromatic heterocycles. The third kappa shape index (κ3) is 10.9. The van der Waals surface area contributed by atoms with E-state index in [1.54, 1.807) is 0 Å². The number of fused-ring (bicyclic) bond motifs is 9. The van der Waals surface area contributed by atoms with Gasteiger partial charge < -0.3 is 42.1 Å². The van der Waals surface area contributed by atoms with Crippen LogP contribution in [0.5, 0.6) is 0 Å². The second kappa shape index (κ2) is 24.2. The van der Waals surface area contributed by atoms with Crippen LogP contribution in [-0.4, -0.2) is 53.3 Å². The second-order valence-electron chi connectivity index (χ2n) is 21.7. The molecule has 0 amide bonds. The van der Waals surface area contributed by atoms with Crippen molar-refractivity contribution in [1.82, 2.24) is 13.7 Å². The second-order valence-corrected chi connectivity index (χ2v) is 24.0. The number of nitrogens with zero attached hydrogens (tertiary/aromatic N) is 3. The van der Waals surface area contributed by atoms with Crippen molar-refractivity contribution in [2.45, 2.75) is 18.9 Å². The smallest absolute Gasteiger partial charge is 0.184 e. The zero-order chi connectivity index (χ0) is 58.4. The normalized spacial score (nSPS) is 14.8. The lowest BCUT2D eigenvalue weighted by Gasteiger charge is -2.12. The predicted octanol–water partition coefficient (Wildman–Crippen LogP) is 20.0. The SMILES string of the molecule is Brc1ccc2c(c1)c1ccccc1n2-c1ccc(-c2ccc(C3OCCO3)cc2)cc1.Brc1ccc2c(c1)c1ccccc1n2-c1ccc(C2OCCO2)cc1.Clc1ccc(-c2ccc3c(c2)c2ccccc2n3-c2ccc(C3OCCO3)cc2)cc1. The van der Waals surface area contributed by atoms with E-state index in [4.69, 9.17) is 40.0 Å². The van der Waals surface area contributed by atoms with Gasteiger partial charge in [0.05, 0.1) is 72.7 Å². The molecule has 0 bridgehead atoms. The van der Waals surface area contributed by atoms with Gasteiger partial charge in [-0.2, -0.15) is 0 Å². The minimum atomic E-state index is -0.255. The average molecular weight is 1290 g/mol. The number of hydrogen-bond acceptors (Lipinski definition) is 6. The van der Waals surface area contributed by atoms with Crippen molar-refractivity contribution in [3.05, 3.63) is 279 Å². The summed E-state index contributed by atoms with van der Waals surface area (Å²) in [6.45, 7) is 3.94. The highest BCUT2D eigenvalue weighted by Crippen LogP contribution is 2.39. The number of ether oxygens (including phenoxy) is 6. The maximum absolute atomic E-state index is 6.08. The Morgan fingerprint density at radius 2 is 0.552 bits per heavy atom. The summed E-state index contributed by atoms with van der Waals surface area (Å²) in [4.78, 5) is 0. The Balaban J connectivity index is 0.000000111. The van der Waals surface area contributed by atoms with Crippen LogP contribution in [0.15, 0.2) is 258 Å². The lowest BCUT2D eigenvalue weighted by Crippen LogP contribution is -1.99. The summed E-state index contributed by atoms with van der Waals surface area (Å²) < 4.78 is 42.8. The molecule has 0 saturated carbocycles. The number of rotatable bonds is 8. The molecule has 6 heterocycles. The van der Waals surface area contributed by atoms with E-state index in [1.165, 1.54) is 82.1 Å². The molecule has 12 heteroatoms. The van der Waals surface area contributed by atoms with Gasteiger partial charge in [-0.3, -0.25) is 0 Å². The molecule has 0 aliphatic carbocycles. The van der Waals surface area contributed by atoms with Crippen LogP contribution in [-0.2, 0) is 28.4 Å². The highest BCUT2D eigenvalue weighted by atomic mass is 79.9. The van der Waals surface area contributed by atoms with Gasteiger partial charge in [-0.1, -0.05) is 177 Å². The Morgan fingerprint density at radius 1 is 0.276 bits per heavy atom. The Kier molecular flexibility index (Phi) is 15.4. The van der Waals surface area contributed by atoms with E-state index in [9.17, 15) is 0 Å². The van der Waals surface area contributed by atoms with Gasteiger partial charge in [0.25, 0.3) is 0 Å². The van der Waals surface area contributed by atoms with Crippen molar-refractivity contribution in [3.63, 3.8) is 0 Å². The molecule has 17 rings (SSSR count). The first kappa shape index (κ1) is 55.4. The van der Waals surface area contributed by atoms with Crippen LogP contribution in [0, 0.1) is 0 Å². The monoisotopic (exact) mass is 1290 g/mol. The molecule has 0 atom stereocenters. The standard InChI is InChI=1S/C27H20BrNO2.C27H20ClNO2.C21H16BrNO2/c28-21-11-14-26-24(17-21)23-3-1-2-4-25(23)29(26)22-12-9-19(10-13-22)18-5-7-20(8-6-18)27-30-15-16-31-27;28-21-10-5-18(6-11-21)20-9-14-26-24(17-20)23-3-1-2-4-25(23)29(26)22-12-7-19(8-13-22)27-30-15-16-31-27;22-15-7-10-20-18(13-15)17-3-1-2-4-19(17)23(20)16-8-5-14(6-9-16)21-24-11-12-25-21/h2*1-14,17,27H,15-16H2;1-10,13,21H,11-12H2. The topological polar surface area (TPSA) is 70.2 Å². The quantitative estimate of drug-likeness (QED) is 0.151. The van der Waals surface area contributed by atoms with E-state index in [0.717, 1.165) is 53.3 Å². The van der Waals surface area contributed by atoms with Crippen LogP contribution in [0.1, 0.15) is 35.6 Å². The number of aromatic nitrogens is 3. The minimum absolute atomic E-state index is 0.230. The van der Waals surface area contributed by atoms with E-state index in [0.29, 0.717) is 39.6 Å². The number of hydrogen-bond donors (Lipinski definition) is 0. The fourth-order valence-electron chi connectivity index (χ4n) is 12.4. The summed E-state index contributed by atoms with van der Waals surface area (Å²) in [5.74, 6) is 0. The molecule has 9 nitrogen and oxygen atoms in total. The summed E-state index contributed by atoms with van der Waals surface area (Å²) in [5, 5.41) is 8.23. The van der Waals surface area contributed by atoms with Gasteiger partial charge in [-0.15, -0.1) is 0 Å². The highest BCUT2D eigenvalue weighted by molar-refractivity contribution is 9.10. The highest BCUT2D eigenvalue weighted by Gasteiger charge is 2.22. The third-order valence-electron chi connectivity index (χ3n) is 16.5. The first-order valence-corrected chi connectivity index (χ1v) is 31.1. The van der Waals surface area contributed by atoms with Crippen molar-refractivity contribution < 1.29 is 28.4 Å². The van der Waals surface area contributed by atoms with Gasteiger partial charge in [0.2, 0.25) is 0 Å². The molecule has 11 aromatic carbocycles. The Bertz CT molecular complexity index is 4790. The van der Waals surface area contributed by atoms with Crippen LogP contribution >= 0.6 is 43.5 Å². The van der Waals surface area contributed by atoms with Crippen LogP contribution in [0.3, 0.4) is 0 Å². The minimum Gasteiger partial charge on any atom is -0.346 e. The first-order chi connectivity index (χ1) is 42.9. The molecule has 0 unspecified atom stereocenters. The van der Waals surface area contributed by atoms with Gasteiger partial charge in [0, 0.05) is 80.0 Å². The maximum Gasteiger partial charge on any atom is 0.184 e. The lowest BCUT2D eigenvalue weighted by molar-refractivity contribution is -0.0443. The Morgan fingerprint density at radius 3 is 0.943 bits per heavy atom. The molecule has 87 heavy (non-hydrogen) atoms. The summed E-state index contributed by atoms with van der Waals surface area (Å²) >= 11 is 13.3. The number of halogens is 3. The van der Waals surface area contributed by atoms with E-state index in [2.05, 4.69) is 282 Å². The Hall–Kier alpha value is -8.17. The summed E-state index contributed by atoms with van der Waals surface area (Å²) in [6, 6.07) is 87.3. The van der Waals surface area contributed by atoms with Crippen LogP contribution < -0.4 is 0 Å². The van der Waals surface area contributed by atoms with Crippen molar-refractivity contribution in [2.24, 2.45) is 0 Å². The van der Waals surface area contributed by atoms with Crippen molar-refractivity contribution in [1.29, 1.82) is 0 Å². The lowest BCUT2D eigenvalue weighted by atomic mass is 10.0. The number of benzene rings is 11. The van der Waals surface area contributed by atoms with Crippen molar-refractivity contribution in [3.8, 4) is 39.3 Å². The molecule has 3 saturated heterocycles. The summed E-state index contributed by atoms with van der Waals surface area (Å²) in [5.41, 5.74) is 18.5. The van der Waals surface area contributed by atoms with E-state index < -0.39 is 0 Å². The third-order valence-corrected chi connectivity index (χ3v) is 17.7. The molecule has 3 aliphatic rings. The molecule has 0 spiro atoms. The van der Waals surface area contributed by atoms with Gasteiger partial charge in [0.15, 0.2) is 18.9 Å². The summed E-state index contributed by atoms with van der Waals surface area (Å²) in [7, 11) is 0. The predicted molar refractivity (Wildman–Crippen MR) is 358 cm³/mol. The average Bonchev–Trinajstić information content (AvgIpc) is 2.28. The van der Waals surface area contributed by atoms with Gasteiger partial charge in [-0.05, 0) is 138 Å². The van der Waals surface area contributed by atoms with Crippen LogP contribution in [0.2, 0.25) is 5.02 Å². The van der Waals surface area contributed by atoms with E-state index in [1.807, 2.05) is 12.1 Å². The van der Waals surface area contributed by atoms with E-state index >= 15 is 0 Å². The van der Waals surface area contributed by atoms with Gasteiger partial charge >= 0.3 is 0 Å². The molecular formula is C75H56Br2ClN3O6. The van der Waals surface area contributed by atoms with E-state index in [-0.39, 0.29) is 18.9 Å². The fourth-order valence-corrected chi connectivity index (χ4v) is 13.2. The fraction of sp³-hybridized carbons (Fsp3) is 0.120. The molecule has 14 aromatic rings. The van der Waals surface area contributed by atoms with Gasteiger partial charge in [-0.25, -0.2) is 0 Å². The maximum atomic E-state index is 6.08. The molecular weight excluding hydrogens is 1230 g/mol. The zero-order valence-corrected chi connectivity index (χ0v) is 51.0. The molecule has 0 N–H and O–H groups in total. The van der Waals surface area contributed by atoms with Crippen molar-refractivity contribution >= 4 is 109 Å². The van der Waals surface area contributed by atoms with Gasteiger partial charge in [0.1, 0.15) is 0 Å². The molecule has 3 fully saturated rings. The van der Waals surface area contributed by atoms with Crippen LogP contribution in [0.25, 0.3) is 105 Å². The largest absolute Gasteiger partial charge is 0.346 e. The van der Waals surface area contributed by atoms with Crippen molar-refractivity contribution in [2.75, 3.05) is 39.6 Å². The summed E-state index contributed by atoms with van der Waals surface area (Å²) in [6.07, 6.45) is -0.718. The van der Waals surface area contributed by atoms with Crippen LogP contribution in [0.4, 0.5) is 0 Å². The zero-order valence-electron chi connectivity index (χ0n) is 47.1. The molecule has 3 aliphatic heterocycles. The molecule has 0 radical (unpaired) electrons. The molecule has 428 valence electrons. The number of para-hydroxylation sites is 3.